The number of hydrogen-bond donors (Lipinski definition) is 0. The Balaban J connectivity index is 4.27. The molecule has 6 nitrogen and oxygen atoms in total. The van der Waals surface area contributed by atoms with Gasteiger partial charge >= 0.3 is 17.9 Å². The van der Waals surface area contributed by atoms with E-state index in [4.69, 9.17) is 14.2 Å². The fraction of sp³-hybridized carbons (Fsp3) is 0.776. The van der Waals surface area contributed by atoms with Crippen molar-refractivity contribution >= 4 is 17.9 Å². The zero-order chi connectivity index (χ0) is 59.2. The molecule has 0 saturated heterocycles. The van der Waals surface area contributed by atoms with Crippen LogP contribution in [-0.4, -0.2) is 37.2 Å². The average Bonchev–Trinajstić information content (AvgIpc) is 3.47. The zero-order valence-electron chi connectivity index (χ0n) is 54.5. The quantitative estimate of drug-likeness (QED) is 0.0261. The molecule has 0 saturated carbocycles. The van der Waals surface area contributed by atoms with E-state index in [1.54, 1.807) is 0 Å². The molecule has 0 aromatic rings. The number of unbranched alkanes of at least 4 members (excludes halogenated alkanes) is 40. The molecule has 1 atom stereocenters. The van der Waals surface area contributed by atoms with Gasteiger partial charge in [-0.2, -0.15) is 0 Å². The van der Waals surface area contributed by atoms with Crippen molar-refractivity contribution in [3.8, 4) is 0 Å². The van der Waals surface area contributed by atoms with E-state index in [9.17, 15) is 14.4 Å². The second-order valence-corrected chi connectivity index (χ2v) is 23.8. The van der Waals surface area contributed by atoms with Gasteiger partial charge in [-0.1, -0.05) is 337 Å². The van der Waals surface area contributed by atoms with Gasteiger partial charge in [0, 0.05) is 19.3 Å². The molecule has 1 unspecified atom stereocenters. The number of ether oxygens (including phenoxy) is 3. The number of allylic oxidation sites excluding steroid dienone is 14. The van der Waals surface area contributed by atoms with Crippen LogP contribution in [0.4, 0.5) is 0 Å². The second kappa shape index (κ2) is 70.1. The van der Waals surface area contributed by atoms with Gasteiger partial charge in [-0.05, 0) is 89.9 Å². The molecule has 0 aliphatic carbocycles. The summed E-state index contributed by atoms with van der Waals surface area (Å²) in [6.45, 7) is 6.50. The van der Waals surface area contributed by atoms with Crippen LogP contribution >= 0.6 is 0 Å². The van der Waals surface area contributed by atoms with Gasteiger partial charge in [-0.15, -0.1) is 0 Å². The first-order valence-corrected chi connectivity index (χ1v) is 35.6. The molecule has 0 aliphatic heterocycles. The third kappa shape index (κ3) is 67.4. The lowest BCUT2D eigenvalue weighted by Gasteiger charge is -2.18. The maximum absolute atomic E-state index is 12.9. The monoisotopic (exact) mass is 1140 g/mol. The van der Waals surface area contributed by atoms with E-state index in [1.165, 1.54) is 225 Å². The van der Waals surface area contributed by atoms with E-state index >= 15 is 0 Å². The first kappa shape index (κ1) is 78.6. The van der Waals surface area contributed by atoms with E-state index in [-0.39, 0.29) is 37.5 Å². The minimum atomic E-state index is -0.811. The fourth-order valence-electron chi connectivity index (χ4n) is 10.3. The highest BCUT2D eigenvalue weighted by Crippen LogP contribution is 2.18. The SMILES string of the molecule is CC/C=C\C/C=C\C/C=C\C/C=C\C/C=C\CCCC(=O)OC(COC(=O)CCCCCCCCC/C=C\C/C=C\CCCCC)COC(=O)CCCCCCCCCCCCCCCCCCCCCCCCCCCCCCCC. The van der Waals surface area contributed by atoms with Gasteiger partial charge < -0.3 is 14.2 Å². The summed E-state index contributed by atoms with van der Waals surface area (Å²) in [7, 11) is 0. The third-order valence-corrected chi connectivity index (χ3v) is 15.6. The molecule has 0 N–H and O–H groups in total. The third-order valence-electron chi connectivity index (χ3n) is 15.6. The van der Waals surface area contributed by atoms with Crippen molar-refractivity contribution in [2.24, 2.45) is 0 Å². The van der Waals surface area contributed by atoms with Gasteiger partial charge in [0.2, 0.25) is 0 Å². The number of rotatable bonds is 65. The van der Waals surface area contributed by atoms with Gasteiger partial charge in [-0.3, -0.25) is 14.4 Å². The molecule has 0 aliphatic rings. The largest absolute Gasteiger partial charge is 0.462 e. The summed E-state index contributed by atoms with van der Waals surface area (Å²) >= 11 is 0. The first-order valence-electron chi connectivity index (χ1n) is 35.6. The predicted octanol–water partition coefficient (Wildman–Crippen LogP) is 24.6. The highest BCUT2D eigenvalue weighted by Gasteiger charge is 2.19. The van der Waals surface area contributed by atoms with Gasteiger partial charge in [-0.25, -0.2) is 0 Å². The van der Waals surface area contributed by atoms with E-state index < -0.39 is 6.10 Å². The molecule has 0 spiro atoms. The topological polar surface area (TPSA) is 78.9 Å². The summed E-state index contributed by atoms with van der Waals surface area (Å²) in [6.07, 6.45) is 93.5. The van der Waals surface area contributed by atoms with Crippen LogP contribution in [0.15, 0.2) is 85.1 Å². The Morgan fingerprint density at radius 3 is 0.805 bits per heavy atom. The van der Waals surface area contributed by atoms with Crippen molar-refractivity contribution in [3.05, 3.63) is 85.1 Å². The molecule has 6 heteroatoms. The summed E-state index contributed by atoms with van der Waals surface area (Å²) in [5, 5.41) is 0. The Kier molecular flexibility index (Phi) is 67.2. The van der Waals surface area contributed by atoms with Gasteiger partial charge in [0.1, 0.15) is 13.2 Å². The van der Waals surface area contributed by atoms with Crippen LogP contribution in [0.2, 0.25) is 0 Å². The highest BCUT2D eigenvalue weighted by atomic mass is 16.6. The first-order chi connectivity index (χ1) is 40.5. The predicted molar refractivity (Wildman–Crippen MR) is 358 cm³/mol. The molecule has 0 bridgehead atoms. The Morgan fingerprint density at radius 1 is 0.256 bits per heavy atom. The Labute approximate surface area is 509 Å². The summed E-state index contributed by atoms with van der Waals surface area (Å²) in [6, 6.07) is 0. The number of esters is 3. The van der Waals surface area contributed by atoms with E-state index in [0.29, 0.717) is 19.3 Å². The van der Waals surface area contributed by atoms with Crippen LogP contribution in [0.3, 0.4) is 0 Å². The number of carbonyl (C=O) groups excluding carboxylic acids is 3. The van der Waals surface area contributed by atoms with Crippen molar-refractivity contribution in [1.82, 2.24) is 0 Å². The normalized spacial score (nSPS) is 12.6. The maximum atomic E-state index is 12.9. The molecule has 0 amide bonds. The van der Waals surface area contributed by atoms with Gasteiger partial charge in [0.15, 0.2) is 6.10 Å². The van der Waals surface area contributed by atoms with Crippen molar-refractivity contribution in [3.63, 3.8) is 0 Å². The molecule has 82 heavy (non-hydrogen) atoms. The van der Waals surface area contributed by atoms with Crippen LogP contribution in [0, 0.1) is 0 Å². The molecule has 0 heterocycles. The molecule has 0 radical (unpaired) electrons. The van der Waals surface area contributed by atoms with Gasteiger partial charge in [0.05, 0.1) is 0 Å². The van der Waals surface area contributed by atoms with Crippen LogP contribution in [0.5, 0.6) is 0 Å². The molecule has 0 rings (SSSR count). The lowest BCUT2D eigenvalue weighted by atomic mass is 10.0. The maximum Gasteiger partial charge on any atom is 0.306 e. The summed E-state index contributed by atoms with van der Waals surface area (Å²) in [5.74, 6) is -0.949. The molecular weight excluding hydrogens is 1010 g/mol. The Bertz CT molecular complexity index is 1550. The van der Waals surface area contributed by atoms with E-state index in [1.807, 2.05) is 0 Å². The summed E-state index contributed by atoms with van der Waals surface area (Å²) in [4.78, 5) is 38.4. The minimum Gasteiger partial charge on any atom is -0.462 e. The van der Waals surface area contributed by atoms with Crippen LogP contribution in [-0.2, 0) is 28.6 Å². The lowest BCUT2D eigenvalue weighted by Crippen LogP contribution is -2.30. The molecule has 0 fully saturated rings. The molecule has 0 aromatic carbocycles. The smallest absolute Gasteiger partial charge is 0.306 e. The zero-order valence-corrected chi connectivity index (χ0v) is 54.5. The fourth-order valence-corrected chi connectivity index (χ4v) is 10.3. The Hall–Kier alpha value is -3.41. The second-order valence-electron chi connectivity index (χ2n) is 23.8. The average molecular weight is 1140 g/mol. The minimum absolute atomic E-state index is 0.0990. The highest BCUT2D eigenvalue weighted by molar-refractivity contribution is 5.71. The van der Waals surface area contributed by atoms with Crippen LogP contribution < -0.4 is 0 Å². The van der Waals surface area contributed by atoms with Gasteiger partial charge in [0.25, 0.3) is 0 Å². The van der Waals surface area contributed by atoms with Crippen molar-refractivity contribution in [2.75, 3.05) is 13.2 Å². The Morgan fingerprint density at radius 2 is 0.488 bits per heavy atom. The molecular formula is C76H134O6. The lowest BCUT2D eigenvalue weighted by molar-refractivity contribution is -0.167. The molecule has 0 aromatic heterocycles. The molecule has 474 valence electrons. The van der Waals surface area contributed by atoms with Crippen molar-refractivity contribution < 1.29 is 28.6 Å². The number of hydrogen-bond acceptors (Lipinski definition) is 6. The summed E-state index contributed by atoms with van der Waals surface area (Å²) < 4.78 is 16.9. The number of carbonyl (C=O) groups is 3. The van der Waals surface area contributed by atoms with Crippen molar-refractivity contribution in [1.29, 1.82) is 0 Å². The van der Waals surface area contributed by atoms with E-state index in [2.05, 4.69) is 106 Å². The van der Waals surface area contributed by atoms with Crippen LogP contribution in [0.25, 0.3) is 0 Å². The van der Waals surface area contributed by atoms with E-state index in [0.717, 1.165) is 89.9 Å². The van der Waals surface area contributed by atoms with Crippen molar-refractivity contribution in [2.45, 2.75) is 367 Å². The van der Waals surface area contributed by atoms with Crippen LogP contribution in [0.1, 0.15) is 361 Å². The summed E-state index contributed by atoms with van der Waals surface area (Å²) in [5.41, 5.74) is 0. The standard InChI is InChI=1S/C76H134O6/c1-4-7-10-13-16-19-22-25-28-31-32-33-34-35-36-37-38-39-40-41-42-43-46-48-51-54-57-60-63-66-69-75(78)81-72-73(82-76(79)70-67-64-61-58-55-52-49-45-30-27-24-21-18-15-12-9-6-3)71-80-74(77)68-65-62-59-56-53-50-47-44-29-26-23-20-17-14-11-8-5-2/h9,12,17-18,20-21,26-27,29-30,49,52,58,61,73H,4-8,10-11,13-16,19,22-25,28,31-48,50-51,53-57,59-60,62-72H2,1-3H3/b12-9-,20-17-,21-18-,29-26-,30-27-,52-49-,61-58-.